The van der Waals surface area contributed by atoms with Crippen molar-refractivity contribution in [1.29, 1.82) is 0 Å². The second-order valence-electron chi connectivity index (χ2n) is 9.69. The van der Waals surface area contributed by atoms with Gasteiger partial charge >= 0.3 is 0 Å². The standard InChI is InChI=1S/C31H18N4/c1-2-4-20-17(3-1)13-18-5-6-19-14-24-23(29(19)28(18)20)8-7-22-21-9-11-32-15-26(21)35-27-16-33-12-10-25(27)34-31(35)30(22)24/h1-12,15-16H,13-14H2. The first-order valence-electron chi connectivity index (χ1n) is 12.0. The van der Waals surface area contributed by atoms with Gasteiger partial charge in [0.15, 0.2) is 0 Å². The molecule has 162 valence electrons. The Balaban J connectivity index is 1.47. The van der Waals surface area contributed by atoms with Crippen LogP contribution in [0.5, 0.6) is 0 Å². The summed E-state index contributed by atoms with van der Waals surface area (Å²) in [6, 6.07) is 22.3. The smallest absolute Gasteiger partial charge is 0.146 e. The molecule has 9 rings (SSSR count). The number of hydrogen-bond acceptors (Lipinski definition) is 3. The van der Waals surface area contributed by atoms with Crippen LogP contribution in [0.25, 0.3) is 60.6 Å². The highest BCUT2D eigenvalue weighted by atomic mass is 15.0. The minimum absolute atomic E-state index is 0.922. The average Bonchev–Trinajstić information content (AvgIpc) is 3.59. The topological polar surface area (TPSA) is 43.1 Å². The number of rotatable bonds is 0. The van der Waals surface area contributed by atoms with Gasteiger partial charge in [0.2, 0.25) is 0 Å². The highest BCUT2D eigenvalue weighted by Gasteiger charge is 2.30. The Bertz CT molecular complexity index is 2070. The second-order valence-corrected chi connectivity index (χ2v) is 9.69. The van der Waals surface area contributed by atoms with Crippen LogP contribution in [-0.2, 0) is 12.8 Å². The second kappa shape index (κ2) is 6.10. The molecule has 35 heavy (non-hydrogen) atoms. The van der Waals surface area contributed by atoms with Crippen molar-refractivity contribution in [3.63, 3.8) is 0 Å². The predicted octanol–water partition coefficient (Wildman–Crippen LogP) is 6.73. The fraction of sp³-hybridized carbons (Fsp3) is 0.0645. The third-order valence-electron chi connectivity index (χ3n) is 8.01. The van der Waals surface area contributed by atoms with E-state index in [1.165, 1.54) is 60.7 Å². The third kappa shape index (κ3) is 2.11. The Labute approximate surface area is 200 Å². The zero-order valence-electron chi connectivity index (χ0n) is 18.8. The van der Waals surface area contributed by atoms with Crippen LogP contribution in [0.2, 0.25) is 0 Å². The molecule has 0 fully saturated rings. The number of pyridine rings is 3. The number of fused-ring (bicyclic) bond motifs is 16. The molecule has 4 heteroatoms. The van der Waals surface area contributed by atoms with Gasteiger partial charge in [0, 0.05) is 23.2 Å². The lowest BCUT2D eigenvalue weighted by Crippen LogP contribution is -1.95. The fourth-order valence-corrected chi connectivity index (χ4v) is 6.59. The Hall–Kier alpha value is -4.57. The molecule has 0 amide bonds. The molecule has 0 atom stereocenters. The molecule has 0 N–H and O–H groups in total. The SMILES string of the molecule is c1ccc2c(c1)Cc1ccc3c(c1-2)-c1ccc2c4ccncc4n4c5cnccc5nc4c2c1C3. The van der Waals surface area contributed by atoms with Crippen molar-refractivity contribution < 1.29 is 0 Å². The van der Waals surface area contributed by atoms with Gasteiger partial charge in [-0.1, -0.05) is 48.5 Å². The zero-order valence-corrected chi connectivity index (χ0v) is 18.8. The lowest BCUT2D eigenvalue weighted by atomic mass is 9.92. The van der Waals surface area contributed by atoms with Gasteiger partial charge < -0.3 is 0 Å². The molecule has 4 aromatic heterocycles. The van der Waals surface area contributed by atoms with Gasteiger partial charge in [-0.15, -0.1) is 0 Å². The van der Waals surface area contributed by atoms with Crippen molar-refractivity contribution in [2.24, 2.45) is 0 Å². The Morgan fingerprint density at radius 3 is 2.37 bits per heavy atom. The molecule has 7 aromatic rings. The maximum absolute atomic E-state index is 5.14. The highest BCUT2D eigenvalue weighted by Crippen LogP contribution is 2.51. The monoisotopic (exact) mass is 446 g/mol. The summed E-state index contributed by atoms with van der Waals surface area (Å²) in [5.74, 6) is 0. The largest absolute Gasteiger partial charge is 0.289 e. The van der Waals surface area contributed by atoms with E-state index in [1.54, 1.807) is 0 Å². The van der Waals surface area contributed by atoms with E-state index in [-0.39, 0.29) is 0 Å². The minimum atomic E-state index is 0.922. The average molecular weight is 447 g/mol. The molecule has 4 nitrogen and oxygen atoms in total. The van der Waals surface area contributed by atoms with Crippen molar-refractivity contribution in [1.82, 2.24) is 19.4 Å². The summed E-state index contributed by atoms with van der Waals surface area (Å²) >= 11 is 0. The lowest BCUT2D eigenvalue weighted by molar-refractivity contribution is 1.23. The first-order valence-corrected chi connectivity index (χ1v) is 12.0. The third-order valence-corrected chi connectivity index (χ3v) is 8.01. The van der Waals surface area contributed by atoms with Crippen molar-refractivity contribution in [3.8, 4) is 22.3 Å². The lowest BCUT2D eigenvalue weighted by Gasteiger charge is -2.13. The fourth-order valence-electron chi connectivity index (χ4n) is 6.59. The van der Waals surface area contributed by atoms with Crippen LogP contribution in [0.3, 0.4) is 0 Å². The van der Waals surface area contributed by atoms with Gasteiger partial charge in [0.05, 0.1) is 28.9 Å². The van der Waals surface area contributed by atoms with Gasteiger partial charge in [-0.05, 0) is 74.9 Å². The van der Waals surface area contributed by atoms with Crippen LogP contribution in [0, 0.1) is 0 Å². The first kappa shape index (κ1) is 17.8. The molecular formula is C31H18N4. The molecule has 4 heterocycles. The Morgan fingerprint density at radius 1 is 0.629 bits per heavy atom. The molecule has 0 radical (unpaired) electrons. The maximum Gasteiger partial charge on any atom is 0.146 e. The van der Waals surface area contributed by atoms with Crippen LogP contribution in [0.4, 0.5) is 0 Å². The molecule has 0 saturated carbocycles. The molecule has 3 aromatic carbocycles. The van der Waals surface area contributed by atoms with Crippen LogP contribution in [0.15, 0.2) is 85.5 Å². The van der Waals surface area contributed by atoms with Crippen molar-refractivity contribution in [3.05, 3.63) is 108 Å². The van der Waals surface area contributed by atoms with Gasteiger partial charge in [-0.25, -0.2) is 4.98 Å². The maximum atomic E-state index is 5.14. The highest BCUT2D eigenvalue weighted by molar-refractivity contribution is 6.17. The summed E-state index contributed by atoms with van der Waals surface area (Å²) in [7, 11) is 0. The summed E-state index contributed by atoms with van der Waals surface area (Å²) < 4.78 is 2.25. The summed E-state index contributed by atoms with van der Waals surface area (Å²) in [5, 5.41) is 3.68. The first-order chi connectivity index (χ1) is 17.4. The van der Waals surface area contributed by atoms with Crippen LogP contribution >= 0.6 is 0 Å². The van der Waals surface area contributed by atoms with Crippen molar-refractivity contribution in [2.75, 3.05) is 0 Å². The van der Waals surface area contributed by atoms with E-state index in [4.69, 9.17) is 4.98 Å². The molecule has 2 aliphatic carbocycles. The predicted molar refractivity (Wildman–Crippen MR) is 140 cm³/mol. The Kier molecular flexibility index (Phi) is 3.11. The minimum Gasteiger partial charge on any atom is -0.289 e. The van der Waals surface area contributed by atoms with Gasteiger partial charge in [0.1, 0.15) is 5.65 Å². The van der Waals surface area contributed by atoms with E-state index in [1.807, 2.05) is 30.9 Å². The molecule has 0 saturated heterocycles. The van der Waals surface area contributed by atoms with E-state index >= 15 is 0 Å². The summed E-state index contributed by atoms with van der Waals surface area (Å²) in [6.07, 6.45) is 9.50. The van der Waals surface area contributed by atoms with E-state index in [9.17, 15) is 0 Å². The molecule has 0 spiro atoms. The van der Waals surface area contributed by atoms with E-state index in [2.05, 4.69) is 69.0 Å². The van der Waals surface area contributed by atoms with Gasteiger partial charge in [-0.3, -0.25) is 14.4 Å². The molecule has 0 bridgehead atoms. The normalized spacial score (nSPS) is 13.5. The number of hydrogen-bond donors (Lipinski definition) is 0. The number of aromatic nitrogens is 4. The van der Waals surface area contributed by atoms with Crippen LogP contribution < -0.4 is 0 Å². The molecular weight excluding hydrogens is 428 g/mol. The summed E-state index contributed by atoms with van der Waals surface area (Å²) in [4.78, 5) is 14.0. The van der Waals surface area contributed by atoms with Crippen LogP contribution in [-0.4, -0.2) is 19.4 Å². The number of benzene rings is 3. The zero-order chi connectivity index (χ0) is 22.7. The van der Waals surface area contributed by atoms with Crippen LogP contribution in [0.1, 0.15) is 22.3 Å². The summed E-state index contributed by atoms with van der Waals surface area (Å²) in [5.41, 5.74) is 15.3. The van der Waals surface area contributed by atoms with Gasteiger partial charge in [0.25, 0.3) is 0 Å². The van der Waals surface area contributed by atoms with Crippen molar-refractivity contribution in [2.45, 2.75) is 12.8 Å². The molecule has 0 aliphatic heterocycles. The quantitative estimate of drug-likeness (QED) is 0.243. The Morgan fingerprint density at radius 2 is 1.43 bits per heavy atom. The van der Waals surface area contributed by atoms with E-state index in [0.717, 1.165) is 35.0 Å². The summed E-state index contributed by atoms with van der Waals surface area (Å²) in [6.45, 7) is 0. The van der Waals surface area contributed by atoms with Crippen molar-refractivity contribution >= 4 is 38.4 Å². The molecule has 2 aliphatic rings. The van der Waals surface area contributed by atoms with E-state index in [0.29, 0.717) is 0 Å². The number of imidazole rings is 1. The van der Waals surface area contributed by atoms with E-state index < -0.39 is 0 Å². The van der Waals surface area contributed by atoms with Gasteiger partial charge in [-0.2, -0.15) is 0 Å². The number of nitrogens with zero attached hydrogens (tertiary/aromatic N) is 4. The molecule has 0 unspecified atom stereocenters.